The molecule has 0 aromatic heterocycles. The van der Waals surface area contributed by atoms with E-state index < -0.39 is 10.0 Å². The maximum Gasteiger partial charge on any atom is 0.240 e. The molecular weight excluding hydrogens is 340 g/mol. The van der Waals surface area contributed by atoms with Crippen molar-refractivity contribution in [2.45, 2.75) is 50.0 Å². The summed E-state index contributed by atoms with van der Waals surface area (Å²) in [5, 5.41) is 0. The molecule has 1 saturated heterocycles. The summed E-state index contributed by atoms with van der Waals surface area (Å²) in [7, 11) is -0.531. The van der Waals surface area contributed by atoms with Crippen molar-refractivity contribution in [2.24, 2.45) is 0 Å². The largest absolute Gasteiger partial charge is 0.493 e. The van der Waals surface area contributed by atoms with Gasteiger partial charge in [0, 0.05) is 18.7 Å². The van der Waals surface area contributed by atoms with Gasteiger partial charge in [0.1, 0.15) is 0 Å². The van der Waals surface area contributed by atoms with Crippen LogP contribution in [0.5, 0.6) is 11.5 Å². The van der Waals surface area contributed by atoms with E-state index >= 15 is 0 Å². The van der Waals surface area contributed by atoms with Crippen LogP contribution < -0.4 is 14.2 Å². The number of ether oxygens (including phenoxy) is 2. The highest BCUT2D eigenvalue weighted by Gasteiger charge is 2.21. The quantitative estimate of drug-likeness (QED) is 0.677. The molecular formula is C18H30N2O4S. The minimum Gasteiger partial charge on any atom is -0.493 e. The van der Waals surface area contributed by atoms with Crippen LogP contribution >= 0.6 is 0 Å². The molecule has 6 nitrogen and oxygen atoms in total. The van der Waals surface area contributed by atoms with Crippen molar-refractivity contribution < 1.29 is 17.9 Å². The van der Waals surface area contributed by atoms with Gasteiger partial charge in [0.05, 0.1) is 19.1 Å². The summed E-state index contributed by atoms with van der Waals surface area (Å²) >= 11 is 0. The van der Waals surface area contributed by atoms with Gasteiger partial charge in [-0.3, -0.25) is 0 Å². The Hall–Kier alpha value is -1.31. The Bertz CT molecular complexity index is 648. The van der Waals surface area contributed by atoms with Crippen LogP contribution in [0.2, 0.25) is 0 Å². The smallest absolute Gasteiger partial charge is 0.240 e. The van der Waals surface area contributed by atoms with E-state index in [1.807, 2.05) is 0 Å². The van der Waals surface area contributed by atoms with Crippen molar-refractivity contribution in [3.8, 4) is 11.5 Å². The second kappa shape index (κ2) is 9.40. The fourth-order valence-electron chi connectivity index (χ4n) is 3.37. The van der Waals surface area contributed by atoms with E-state index in [2.05, 4.69) is 16.5 Å². The minimum absolute atomic E-state index is 0.189. The Morgan fingerprint density at radius 1 is 1.20 bits per heavy atom. The van der Waals surface area contributed by atoms with E-state index in [1.165, 1.54) is 45.6 Å². The molecule has 1 fully saturated rings. The molecule has 0 radical (unpaired) electrons. The van der Waals surface area contributed by atoms with E-state index in [-0.39, 0.29) is 4.90 Å². The number of methoxy groups -OCH3 is 2. The van der Waals surface area contributed by atoms with Crippen molar-refractivity contribution in [1.29, 1.82) is 0 Å². The van der Waals surface area contributed by atoms with Crippen LogP contribution in [0.4, 0.5) is 0 Å². The zero-order valence-corrected chi connectivity index (χ0v) is 16.3. The molecule has 0 saturated carbocycles. The number of piperidine rings is 1. The molecule has 1 N–H and O–H groups in total. The van der Waals surface area contributed by atoms with Gasteiger partial charge in [-0.1, -0.05) is 13.3 Å². The maximum atomic E-state index is 12.5. The second-order valence-electron chi connectivity index (χ2n) is 6.36. The zero-order chi connectivity index (χ0) is 18.3. The second-order valence-corrected chi connectivity index (χ2v) is 8.13. The molecule has 1 aliphatic heterocycles. The Morgan fingerprint density at radius 3 is 2.64 bits per heavy atom. The molecule has 1 heterocycles. The first-order valence-corrected chi connectivity index (χ1v) is 10.5. The Labute approximate surface area is 151 Å². The van der Waals surface area contributed by atoms with Crippen LogP contribution in [0.1, 0.15) is 39.0 Å². The monoisotopic (exact) mass is 370 g/mol. The van der Waals surface area contributed by atoms with Crippen molar-refractivity contribution in [3.05, 3.63) is 18.2 Å². The summed E-state index contributed by atoms with van der Waals surface area (Å²) in [4.78, 5) is 2.68. The lowest BCUT2D eigenvalue weighted by atomic mass is 10.00. The minimum atomic E-state index is -3.54. The van der Waals surface area contributed by atoms with Crippen molar-refractivity contribution in [1.82, 2.24) is 9.62 Å². The van der Waals surface area contributed by atoms with Gasteiger partial charge in [-0.15, -0.1) is 0 Å². The molecule has 142 valence electrons. The first-order valence-electron chi connectivity index (χ1n) is 8.97. The van der Waals surface area contributed by atoms with E-state index in [1.54, 1.807) is 6.07 Å². The number of sulfonamides is 1. The van der Waals surface area contributed by atoms with Crippen molar-refractivity contribution >= 4 is 10.0 Å². The lowest BCUT2D eigenvalue weighted by Crippen LogP contribution is -2.40. The van der Waals surface area contributed by atoms with Gasteiger partial charge >= 0.3 is 0 Å². The number of nitrogens with one attached hydrogen (secondary N) is 1. The van der Waals surface area contributed by atoms with Gasteiger partial charge in [-0.2, -0.15) is 0 Å². The zero-order valence-electron chi connectivity index (χ0n) is 15.5. The van der Waals surface area contributed by atoms with E-state index in [0.717, 1.165) is 25.9 Å². The van der Waals surface area contributed by atoms with Crippen molar-refractivity contribution in [3.63, 3.8) is 0 Å². The topological polar surface area (TPSA) is 67.9 Å². The summed E-state index contributed by atoms with van der Waals surface area (Å²) < 4.78 is 37.9. The lowest BCUT2D eigenvalue weighted by molar-refractivity contribution is 0.143. The number of likely N-dealkylation sites (tertiary alicyclic amines) is 1. The molecule has 2 rings (SSSR count). The summed E-state index contributed by atoms with van der Waals surface area (Å²) in [6.45, 7) is 4.72. The van der Waals surface area contributed by atoms with Crippen LogP contribution in [0.25, 0.3) is 0 Å². The third-order valence-corrected chi connectivity index (χ3v) is 6.26. The fourth-order valence-corrected chi connectivity index (χ4v) is 4.46. The normalized spacial score (nSPS) is 18.9. The average molecular weight is 371 g/mol. The molecule has 1 aromatic rings. The molecule has 1 aliphatic rings. The standard InChI is InChI=1S/C18H30N2O4S/c1-4-15-8-5-6-12-20(15)13-7-11-19-25(21,22)16-9-10-17(23-2)18(14-16)24-3/h9-10,14-15,19H,4-8,11-13H2,1-3H3. The fraction of sp³-hybridized carbons (Fsp3) is 0.667. The van der Waals surface area contributed by atoms with Gasteiger partial charge < -0.3 is 14.4 Å². The van der Waals surface area contributed by atoms with Gasteiger partial charge in [0.2, 0.25) is 10.0 Å². The molecule has 0 aliphatic carbocycles. The van der Waals surface area contributed by atoms with Crippen LogP contribution in [0.3, 0.4) is 0 Å². The first kappa shape index (κ1) is 20.0. The number of hydrogen-bond donors (Lipinski definition) is 1. The molecule has 0 spiro atoms. The summed E-state index contributed by atoms with van der Waals surface area (Å²) in [6, 6.07) is 5.27. The highest BCUT2D eigenvalue weighted by molar-refractivity contribution is 7.89. The van der Waals surface area contributed by atoms with E-state index in [0.29, 0.717) is 24.1 Å². The van der Waals surface area contributed by atoms with Gasteiger partial charge in [0.25, 0.3) is 0 Å². The lowest BCUT2D eigenvalue weighted by Gasteiger charge is -2.35. The molecule has 7 heteroatoms. The summed E-state index contributed by atoms with van der Waals surface area (Å²) in [5.74, 6) is 0.918. The average Bonchev–Trinajstić information content (AvgIpc) is 2.64. The third kappa shape index (κ3) is 5.33. The van der Waals surface area contributed by atoms with E-state index in [4.69, 9.17) is 9.47 Å². The van der Waals surface area contributed by atoms with E-state index in [9.17, 15) is 8.42 Å². The van der Waals surface area contributed by atoms with Crippen LogP contribution in [-0.2, 0) is 10.0 Å². The van der Waals surface area contributed by atoms with Crippen LogP contribution in [0, 0.1) is 0 Å². The summed E-state index contributed by atoms with van der Waals surface area (Å²) in [5.41, 5.74) is 0. The van der Waals surface area contributed by atoms with Crippen LogP contribution in [-0.4, -0.2) is 53.2 Å². The molecule has 0 bridgehead atoms. The van der Waals surface area contributed by atoms with Gasteiger partial charge in [0.15, 0.2) is 11.5 Å². The first-order chi connectivity index (χ1) is 12.0. The SMILES string of the molecule is CCC1CCCCN1CCCNS(=O)(=O)c1ccc(OC)c(OC)c1. The Kier molecular flexibility index (Phi) is 7.53. The molecule has 1 aromatic carbocycles. The molecule has 0 amide bonds. The highest BCUT2D eigenvalue weighted by atomic mass is 32.2. The third-order valence-electron chi connectivity index (χ3n) is 4.80. The predicted molar refractivity (Wildman–Crippen MR) is 98.9 cm³/mol. The molecule has 25 heavy (non-hydrogen) atoms. The maximum absolute atomic E-state index is 12.5. The van der Waals surface area contributed by atoms with Crippen molar-refractivity contribution in [2.75, 3.05) is 33.9 Å². The van der Waals surface area contributed by atoms with Gasteiger partial charge in [-0.05, 0) is 50.9 Å². The molecule has 1 atom stereocenters. The highest BCUT2D eigenvalue weighted by Crippen LogP contribution is 2.29. The number of rotatable bonds is 9. The predicted octanol–water partition coefficient (Wildman–Crippen LogP) is 2.64. The van der Waals surface area contributed by atoms with Crippen LogP contribution in [0.15, 0.2) is 23.1 Å². The number of benzene rings is 1. The van der Waals surface area contributed by atoms with Gasteiger partial charge in [-0.25, -0.2) is 13.1 Å². The Morgan fingerprint density at radius 2 is 1.96 bits per heavy atom. The number of hydrogen-bond acceptors (Lipinski definition) is 5. The Balaban J connectivity index is 1.89. The summed E-state index contributed by atoms with van der Waals surface area (Å²) in [6.07, 6.45) is 5.78. The molecule has 1 unspecified atom stereocenters. The number of nitrogens with zero attached hydrogens (tertiary/aromatic N) is 1.